The van der Waals surface area contributed by atoms with E-state index in [0.717, 1.165) is 5.56 Å². The molecule has 78 valence electrons. The fraction of sp³-hybridized carbons (Fsp3) is 0.200. The van der Waals surface area contributed by atoms with Crippen molar-refractivity contribution >= 4 is 0 Å². The van der Waals surface area contributed by atoms with Crippen LogP contribution in [0.15, 0.2) is 24.4 Å². The fourth-order valence-electron chi connectivity index (χ4n) is 1.37. The summed E-state index contributed by atoms with van der Waals surface area (Å²) in [5, 5.41) is 7.70. The van der Waals surface area contributed by atoms with Gasteiger partial charge in [-0.2, -0.15) is 0 Å². The highest BCUT2D eigenvalue weighted by Gasteiger charge is 2.03. The molecule has 0 aliphatic carbocycles. The van der Waals surface area contributed by atoms with Gasteiger partial charge in [-0.05, 0) is 30.7 Å². The van der Waals surface area contributed by atoms with Crippen LogP contribution in [0.4, 0.5) is 4.39 Å². The number of benzene rings is 1. The summed E-state index contributed by atoms with van der Waals surface area (Å²) in [4.78, 5) is 0. The highest BCUT2D eigenvalue weighted by molar-refractivity contribution is 5.35. The summed E-state index contributed by atoms with van der Waals surface area (Å²) in [6.07, 6.45) is 1.69. The Morgan fingerprint density at radius 1 is 1.40 bits per heavy atom. The SMILES string of the molecule is Cc1cc(F)cc(-n2cc(CN)nn2)c1. The van der Waals surface area contributed by atoms with Crippen molar-refractivity contribution in [2.45, 2.75) is 13.5 Å². The number of nitrogens with two attached hydrogens (primary N) is 1. The van der Waals surface area contributed by atoms with Gasteiger partial charge in [-0.3, -0.25) is 0 Å². The van der Waals surface area contributed by atoms with Crippen molar-refractivity contribution in [2.75, 3.05) is 0 Å². The van der Waals surface area contributed by atoms with E-state index in [2.05, 4.69) is 10.3 Å². The Labute approximate surface area is 86.5 Å². The number of aromatic nitrogens is 3. The monoisotopic (exact) mass is 206 g/mol. The zero-order chi connectivity index (χ0) is 10.8. The van der Waals surface area contributed by atoms with Gasteiger partial charge in [0, 0.05) is 6.54 Å². The number of rotatable bonds is 2. The molecule has 4 nitrogen and oxygen atoms in total. The summed E-state index contributed by atoms with van der Waals surface area (Å²) in [5.41, 5.74) is 7.58. The molecule has 0 fully saturated rings. The molecule has 0 saturated carbocycles. The molecule has 0 saturated heterocycles. The first kappa shape index (κ1) is 9.79. The minimum atomic E-state index is -0.283. The molecule has 0 unspecified atom stereocenters. The van der Waals surface area contributed by atoms with E-state index in [1.54, 1.807) is 6.20 Å². The maximum Gasteiger partial charge on any atom is 0.125 e. The van der Waals surface area contributed by atoms with Crippen molar-refractivity contribution in [3.63, 3.8) is 0 Å². The lowest BCUT2D eigenvalue weighted by molar-refractivity contribution is 0.623. The van der Waals surface area contributed by atoms with Crippen LogP contribution in [0.1, 0.15) is 11.3 Å². The molecular formula is C10H11FN4. The van der Waals surface area contributed by atoms with Gasteiger partial charge in [-0.1, -0.05) is 5.21 Å². The minimum Gasteiger partial charge on any atom is -0.325 e. The van der Waals surface area contributed by atoms with Gasteiger partial charge in [0.15, 0.2) is 0 Å². The average molecular weight is 206 g/mol. The van der Waals surface area contributed by atoms with Gasteiger partial charge < -0.3 is 5.73 Å². The molecule has 0 aliphatic heterocycles. The van der Waals surface area contributed by atoms with Gasteiger partial charge in [0.1, 0.15) is 5.82 Å². The minimum absolute atomic E-state index is 0.283. The van der Waals surface area contributed by atoms with Crippen molar-refractivity contribution in [1.82, 2.24) is 15.0 Å². The molecule has 1 aromatic carbocycles. The van der Waals surface area contributed by atoms with Crippen molar-refractivity contribution < 1.29 is 4.39 Å². The Hall–Kier alpha value is -1.75. The summed E-state index contributed by atoms with van der Waals surface area (Å²) < 4.78 is 14.6. The Morgan fingerprint density at radius 2 is 2.20 bits per heavy atom. The molecule has 15 heavy (non-hydrogen) atoms. The van der Waals surface area contributed by atoms with E-state index in [-0.39, 0.29) is 5.82 Å². The molecular weight excluding hydrogens is 195 g/mol. The van der Waals surface area contributed by atoms with E-state index < -0.39 is 0 Å². The summed E-state index contributed by atoms with van der Waals surface area (Å²) in [6, 6.07) is 4.70. The van der Waals surface area contributed by atoms with E-state index in [4.69, 9.17) is 5.73 Å². The Bertz CT molecular complexity index is 458. The van der Waals surface area contributed by atoms with Crippen LogP contribution in [0.2, 0.25) is 0 Å². The Balaban J connectivity index is 2.44. The predicted molar refractivity (Wildman–Crippen MR) is 53.9 cm³/mol. The van der Waals surface area contributed by atoms with Crippen LogP contribution >= 0.6 is 0 Å². The molecule has 0 amide bonds. The number of halogens is 1. The van der Waals surface area contributed by atoms with E-state index in [1.807, 2.05) is 13.0 Å². The van der Waals surface area contributed by atoms with Crippen LogP contribution in [-0.2, 0) is 6.54 Å². The van der Waals surface area contributed by atoms with Crippen LogP contribution in [0.25, 0.3) is 5.69 Å². The quantitative estimate of drug-likeness (QED) is 0.802. The van der Waals surface area contributed by atoms with E-state index in [9.17, 15) is 4.39 Å². The second-order valence-corrected chi connectivity index (χ2v) is 3.35. The number of hydrogen-bond donors (Lipinski definition) is 1. The average Bonchev–Trinajstić information content (AvgIpc) is 2.64. The lowest BCUT2D eigenvalue weighted by Gasteiger charge is -2.01. The predicted octanol–water partition coefficient (Wildman–Crippen LogP) is 1.17. The molecule has 0 spiro atoms. The second kappa shape index (κ2) is 3.78. The smallest absolute Gasteiger partial charge is 0.125 e. The van der Waals surface area contributed by atoms with Gasteiger partial charge in [0.05, 0.1) is 17.6 Å². The van der Waals surface area contributed by atoms with Crippen molar-refractivity contribution in [2.24, 2.45) is 5.73 Å². The zero-order valence-corrected chi connectivity index (χ0v) is 8.31. The van der Waals surface area contributed by atoms with Crippen LogP contribution in [0.3, 0.4) is 0 Å². The first-order chi connectivity index (χ1) is 7.19. The van der Waals surface area contributed by atoms with Crippen LogP contribution < -0.4 is 5.73 Å². The number of nitrogens with zero attached hydrogens (tertiary/aromatic N) is 3. The van der Waals surface area contributed by atoms with Gasteiger partial charge in [-0.15, -0.1) is 5.10 Å². The lowest BCUT2D eigenvalue weighted by atomic mass is 10.2. The third-order valence-corrected chi connectivity index (χ3v) is 2.04. The maximum atomic E-state index is 13.1. The van der Waals surface area contributed by atoms with Gasteiger partial charge >= 0.3 is 0 Å². The largest absolute Gasteiger partial charge is 0.325 e. The first-order valence-corrected chi connectivity index (χ1v) is 4.58. The molecule has 1 heterocycles. The molecule has 2 rings (SSSR count). The molecule has 0 atom stereocenters. The topological polar surface area (TPSA) is 56.7 Å². The second-order valence-electron chi connectivity index (χ2n) is 3.35. The maximum absolute atomic E-state index is 13.1. The molecule has 0 aliphatic rings. The summed E-state index contributed by atoms with van der Waals surface area (Å²) >= 11 is 0. The van der Waals surface area contributed by atoms with Gasteiger partial charge in [-0.25, -0.2) is 9.07 Å². The van der Waals surface area contributed by atoms with E-state index in [0.29, 0.717) is 17.9 Å². The van der Waals surface area contributed by atoms with Gasteiger partial charge in [0.2, 0.25) is 0 Å². The Kier molecular flexibility index (Phi) is 2.47. The molecule has 2 N–H and O–H groups in total. The van der Waals surface area contributed by atoms with Crippen molar-refractivity contribution in [3.8, 4) is 5.69 Å². The van der Waals surface area contributed by atoms with Crippen LogP contribution in [-0.4, -0.2) is 15.0 Å². The number of aryl methyl sites for hydroxylation is 1. The molecule has 0 radical (unpaired) electrons. The van der Waals surface area contributed by atoms with Crippen molar-refractivity contribution in [1.29, 1.82) is 0 Å². The van der Waals surface area contributed by atoms with Crippen LogP contribution in [0, 0.1) is 12.7 Å². The standard InChI is InChI=1S/C10H11FN4/c1-7-2-8(11)4-10(3-7)15-6-9(5-12)13-14-15/h2-4,6H,5,12H2,1H3. The highest BCUT2D eigenvalue weighted by Crippen LogP contribution is 2.12. The summed E-state index contributed by atoms with van der Waals surface area (Å²) in [5.74, 6) is -0.283. The number of hydrogen-bond acceptors (Lipinski definition) is 3. The Morgan fingerprint density at radius 3 is 2.80 bits per heavy atom. The van der Waals surface area contributed by atoms with E-state index >= 15 is 0 Å². The fourth-order valence-corrected chi connectivity index (χ4v) is 1.37. The van der Waals surface area contributed by atoms with Crippen LogP contribution in [0.5, 0.6) is 0 Å². The molecule has 5 heteroatoms. The zero-order valence-electron chi connectivity index (χ0n) is 8.31. The highest BCUT2D eigenvalue weighted by atomic mass is 19.1. The third-order valence-electron chi connectivity index (χ3n) is 2.04. The van der Waals surface area contributed by atoms with Crippen molar-refractivity contribution in [3.05, 3.63) is 41.5 Å². The molecule has 0 bridgehead atoms. The normalized spacial score (nSPS) is 10.6. The van der Waals surface area contributed by atoms with Gasteiger partial charge in [0.25, 0.3) is 0 Å². The summed E-state index contributed by atoms with van der Waals surface area (Å²) in [6.45, 7) is 2.15. The molecule has 2 aromatic rings. The summed E-state index contributed by atoms with van der Waals surface area (Å²) in [7, 11) is 0. The first-order valence-electron chi connectivity index (χ1n) is 4.58. The third kappa shape index (κ3) is 2.02. The van der Waals surface area contributed by atoms with E-state index in [1.165, 1.54) is 16.8 Å². The molecule has 1 aromatic heterocycles. The lowest BCUT2D eigenvalue weighted by Crippen LogP contribution is -1.97.